The predicted octanol–water partition coefficient (Wildman–Crippen LogP) is -0.484. The summed E-state index contributed by atoms with van der Waals surface area (Å²) in [5.41, 5.74) is 0. The van der Waals surface area contributed by atoms with Gasteiger partial charge in [0.25, 0.3) is 0 Å². The van der Waals surface area contributed by atoms with Gasteiger partial charge in [0.05, 0.1) is 0 Å². The Hall–Kier alpha value is -1.84. The fraction of sp³-hybridized carbons (Fsp3) is 0.400. The van der Waals surface area contributed by atoms with Gasteiger partial charge >= 0.3 is 17.4 Å². The Bertz CT molecular complexity index is 368. The summed E-state index contributed by atoms with van der Waals surface area (Å²) >= 11 is 0. The molecule has 0 unspecified atom stereocenters. The van der Waals surface area contributed by atoms with Crippen LogP contribution in [-0.4, -0.2) is 17.3 Å². The van der Waals surface area contributed by atoms with E-state index in [1.54, 1.807) is 0 Å². The summed E-state index contributed by atoms with van der Waals surface area (Å²) < 4.78 is 0. The second-order valence-electron chi connectivity index (χ2n) is 4.10. The minimum absolute atomic E-state index is 0. The topological polar surface area (TPSA) is 120 Å². The molecule has 1 radical (unpaired) electrons. The van der Waals surface area contributed by atoms with Crippen molar-refractivity contribution in [2.45, 2.75) is 41.5 Å². The van der Waals surface area contributed by atoms with Crippen LogP contribution in [0.4, 0.5) is 0 Å². The zero-order chi connectivity index (χ0) is 17.6. The van der Waals surface area contributed by atoms with Gasteiger partial charge in [-0.1, -0.05) is 20.8 Å². The van der Waals surface area contributed by atoms with E-state index in [1.807, 2.05) is 0 Å². The van der Waals surface area contributed by atoms with Crippen LogP contribution in [0.25, 0.3) is 0 Å². The van der Waals surface area contributed by atoms with Gasteiger partial charge in [0, 0.05) is 0 Å². The molecule has 0 fully saturated rings. The number of carbonyl (C=O) groups excluding carboxylic acids is 3. The Kier molecular flexibility index (Phi) is 22.2. The van der Waals surface area contributed by atoms with E-state index in [2.05, 4.69) is 0 Å². The summed E-state index contributed by atoms with van der Waals surface area (Å²) in [6, 6.07) is 0. The molecule has 0 aliphatic carbocycles. The van der Waals surface area contributed by atoms with Crippen molar-refractivity contribution < 1.29 is 47.1 Å². The molecule has 0 aromatic heterocycles. The fourth-order valence-electron chi connectivity index (χ4n) is 0.859. The first-order valence-corrected chi connectivity index (χ1v) is 5.96. The minimum atomic E-state index is -0.187. The summed E-state index contributed by atoms with van der Waals surface area (Å²) in [5, 5.41) is 29.9. The van der Waals surface area contributed by atoms with E-state index in [9.17, 15) is 29.7 Å². The molecule has 0 atom stereocenters. The van der Waals surface area contributed by atoms with Crippen LogP contribution in [0.2, 0.25) is 0 Å². The van der Waals surface area contributed by atoms with Gasteiger partial charge in [0.1, 0.15) is 0 Å². The maximum atomic E-state index is 9.98. The fourth-order valence-corrected chi connectivity index (χ4v) is 0.859. The summed E-state index contributed by atoms with van der Waals surface area (Å²) in [4.78, 5) is 29.9. The van der Waals surface area contributed by atoms with Crippen molar-refractivity contribution in [2.75, 3.05) is 0 Å². The molecule has 0 aromatic rings. The van der Waals surface area contributed by atoms with Crippen molar-refractivity contribution in [3.05, 3.63) is 35.5 Å². The average molecular weight is 349 g/mol. The largest absolute Gasteiger partial charge is 3.00 e. The first-order chi connectivity index (χ1) is 9.38. The molecule has 123 valence electrons. The van der Waals surface area contributed by atoms with E-state index in [-0.39, 0.29) is 52.0 Å². The molecular weight excluding hydrogens is 328 g/mol. The summed E-state index contributed by atoms with van der Waals surface area (Å²) in [6.07, 6.45) is 3.17. The molecule has 0 N–H and O–H groups in total. The normalized spacial score (nSPS) is 10.9. The smallest absolute Gasteiger partial charge is 0.876 e. The molecule has 0 saturated carbocycles. The van der Waals surface area contributed by atoms with Gasteiger partial charge in [-0.25, -0.2) is 0 Å². The average Bonchev–Trinajstić information content (AvgIpc) is 2.10. The van der Waals surface area contributed by atoms with Crippen LogP contribution < -0.4 is 15.3 Å². The SMILES string of the molecule is CC(=O)/C=C(\C)[O-].CC(=O)/C=C(\C)[O-].CC(=O)/C=C(\C)[O-].[Cr+3]. The van der Waals surface area contributed by atoms with Crippen LogP contribution in [0.1, 0.15) is 41.5 Å². The summed E-state index contributed by atoms with van der Waals surface area (Å²) in [5.74, 6) is -1.12. The maximum Gasteiger partial charge on any atom is 3.00 e. The third-order valence-corrected chi connectivity index (χ3v) is 1.22. The van der Waals surface area contributed by atoms with E-state index in [0.717, 1.165) is 18.2 Å². The van der Waals surface area contributed by atoms with E-state index < -0.39 is 0 Å². The Balaban J connectivity index is -0.000000108. The van der Waals surface area contributed by atoms with Crippen LogP contribution in [0.3, 0.4) is 0 Å². The first-order valence-electron chi connectivity index (χ1n) is 5.96. The van der Waals surface area contributed by atoms with Crippen molar-refractivity contribution in [1.82, 2.24) is 0 Å². The minimum Gasteiger partial charge on any atom is -0.876 e. The van der Waals surface area contributed by atoms with Gasteiger partial charge in [-0.3, -0.25) is 14.4 Å². The third kappa shape index (κ3) is 51.8. The Labute approximate surface area is 142 Å². The zero-order valence-electron chi connectivity index (χ0n) is 13.6. The number of allylic oxidation sites excluding steroid dienone is 6. The van der Waals surface area contributed by atoms with Gasteiger partial charge < -0.3 is 15.3 Å². The van der Waals surface area contributed by atoms with E-state index in [1.165, 1.54) is 41.5 Å². The standard InChI is InChI=1S/3C5H8O2.Cr/c3*1-4(6)3-5(2)7;/h3*3,6H,1-2H3;/q;;;+3/p-3/b3*4-3+;. The Morgan fingerprint density at radius 3 is 0.682 bits per heavy atom. The molecule has 22 heavy (non-hydrogen) atoms. The van der Waals surface area contributed by atoms with E-state index in [0.29, 0.717) is 0 Å². The molecule has 7 heteroatoms. The van der Waals surface area contributed by atoms with E-state index >= 15 is 0 Å². The van der Waals surface area contributed by atoms with Crippen molar-refractivity contribution in [2.24, 2.45) is 0 Å². The predicted molar refractivity (Wildman–Crippen MR) is 73.3 cm³/mol. The Morgan fingerprint density at radius 1 is 0.545 bits per heavy atom. The van der Waals surface area contributed by atoms with Gasteiger partial charge in [0.2, 0.25) is 0 Å². The van der Waals surface area contributed by atoms with Crippen LogP contribution in [0, 0.1) is 0 Å². The molecule has 0 heterocycles. The molecule has 6 nitrogen and oxygen atoms in total. The molecular formula is C15H21CrO6. The number of hydrogen-bond acceptors (Lipinski definition) is 6. The van der Waals surface area contributed by atoms with E-state index in [4.69, 9.17) is 0 Å². The Morgan fingerprint density at radius 2 is 0.682 bits per heavy atom. The van der Waals surface area contributed by atoms with Crippen molar-refractivity contribution in [3.63, 3.8) is 0 Å². The quantitative estimate of drug-likeness (QED) is 0.501. The van der Waals surface area contributed by atoms with Crippen LogP contribution in [-0.2, 0) is 31.7 Å². The van der Waals surface area contributed by atoms with Gasteiger partial charge in [-0.2, -0.15) is 0 Å². The van der Waals surface area contributed by atoms with Crippen LogP contribution in [0.5, 0.6) is 0 Å². The molecule has 0 aliphatic heterocycles. The van der Waals surface area contributed by atoms with Crippen molar-refractivity contribution >= 4 is 17.3 Å². The molecule has 0 amide bonds. The number of carbonyl (C=O) groups is 3. The van der Waals surface area contributed by atoms with Gasteiger partial charge in [-0.05, 0) is 39.0 Å². The summed E-state index contributed by atoms with van der Waals surface area (Å²) in [6.45, 7) is 8.09. The second-order valence-corrected chi connectivity index (χ2v) is 4.10. The van der Waals surface area contributed by atoms with Gasteiger partial charge in [-0.15, -0.1) is 17.3 Å². The van der Waals surface area contributed by atoms with Crippen LogP contribution >= 0.6 is 0 Å². The number of ketones is 3. The third-order valence-electron chi connectivity index (χ3n) is 1.22. The molecule has 0 aromatic carbocycles. The number of hydrogen-bond donors (Lipinski definition) is 0. The number of rotatable bonds is 3. The van der Waals surface area contributed by atoms with Crippen molar-refractivity contribution in [1.29, 1.82) is 0 Å². The zero-order valence-corrected chi connectivity index (χ0v) is 14.9. The maximum absolute atomic E-state index is 9.98. The van der Waals surface area contributed by atoms with Crippen molar-refractivity contribution in [3.8, 4) is 0 Å². The van der Waals surface area contributed by atoms with Gasteiger partial charge in [0.15, 0.2) is 17.3 Å². The first kappa shape index (κ1) is 28.3. The van der Waals surface area contributed by atoms with Crippen LogP contribution in [0.15, 0.2) is 35.5 Å². The molecule has 0 spiro atoms. The molecule has 0 bridgehead atoms. The molecule has 0 saturated heterocycles. The second kappa shape index (κ2) is 17.2. The monoisotopic (exact) mass is 349 g/mol. The summed E-state index contributed by atoms with van der Waals surface area (Å²) in [7, 11) is 0. The molecule has 0 rings (SSSR count). The molecule has 0 aliphatic rings.